The van der Waals surface area contributed by atoms with Gasteiger partial charge in [0, 0.05) is 17.1 Å². The summed E-state index contributed by atoms with van der Waals surface area (Å²) in [6, 6.07) is 21.6. The molecule has 180 valence electrons. The number of nitrogens with one attached hydrogen (secondary N) is 1. The van der Waals surface area contributed by atoms with Crippen LogP contribution in [0.1, 0.15) is 31.6 Å². The number of rotatable bonds is 10. The van der Waals surface area contributed by atoms with Crippen LogP contribution in [0.3, 0.4) is 0 Å². The number of ether oxygens (including phenoxy) is 2. The van der Waals surface area contributed by atoms with Gasteiger partial charge in [0.2, 0.25) is 0 Å². The third-order valence-corrected chi connectivity index (χ3v) is 8.16. The second-order valence-corrected chi connectivity index (χ2v) is 10.3. The molecule has 0 atom stereocenters. The van der Waals surface area contributed by atoms with Gasteiger partial charge in [0.05, 0.1) is 16.4 Å². The average molecular weight is 509 g/mol. The van der Waals surface area contributed by atoms with Crippen LogP contribution in [0.5, 0.6) is 11.5 Å². The van der Waals surface area contributed by atoms with Gasteiger partial charge in [0.15, 0.2) is 6.61 Å². The number of carbonyl (C=O) groups excluding carboxylic acids is 1. The van der Waals surface area contributed by atoms with Crippen LogP contribution in [0.25, 0.3) is 0 Å². The van der Waals surface area contributed by atoms with Crippen molar-refractivity contribution in [3.63, 3.8) is 0 Å². The lowest BCUT2D eigenvalue weighted by Crippen LogP contribution is -2.24. The third-order valence-electron chi connectivity index (χ3n) is 5.05. The van der Waals surface area contributed by atoms with Crippen molar-refractivity contribution in [3.05, 3.63) is 95.1 Å². The second kappa shape index (κ2) is 12.3. The number of nitrogens with zero attached hydrogens (tertiary/aromatic N) is 1. The molecule has 3 aromatic carbocycles. The zero-order valence-electron chi connectivity index (χ0n) is 18.8. The summed E-state index contributed by atoms with van der Waals surface area (Å²) >= 11 is 3.89. The topological polar surface area (TPSA) is 97.2 Å². The molecule has 2 N–H and O–H groups in total. The number of benzene rings is 3. The number of carbonyl (C=O) groups is 2. The molecule has 9 heteroatoms. The molecule has 0 saturated carbocycles. The van der Waals surface area contributed by atoms with E-state index >= 15 is 0 Å². The minimum absolute atomic E-state index is 0.145. The van der Waals surface area contributed by atoms with E-state index in [2.05, 4.69) is 10.5 Å². The summed E-state index contributed by atoms with van der Waals surface area (Å²) < 4.78 is 11.9. The van der Waals surface area contributed by atoms with Crippen LogP contribution < -0.4 is 14.9 Å². The molecule has 1 aliphatic rings. The fourth-order valence-electron chi connectivity index (χ4n) is 3.25. The molecule has 0 bridgehead atoms. The van der Waals surface area contributed by atoms with Gasteiger partial charge in [-0.05, 0) is 47.5 Å². The minimum atomic E-state index is -0.970. The van der Waals surface area contributed by atoms with E-state index in [1.54, 1.807) is 18.2 Å². The Morgan fingerprint density at radius 2 is 1.69 bits per heavy atom. The van der Waals surface area contributed by atoms with Crippen LogP contribution in [0, 0.1) is 0 Å². The molecular formula is C26H24N2O5S2. The van der Waals surface area contributed by atoms with Crippen LogP contribution in [-0.4, -0.2) is 41.3 Å². The Labute approximate surface area is 211 Å². The summed E-state index contributed by atoms with van der Waals surface area (Å²) in [6.45, 7) is 0.121. The van der Waals surface area contributed by atoms with Gasteiger partial charge >= 0.3 is 5.97 Å². The predicted molar refractivity (Wildman–Crippen MR) is 140 cm³/mol. The Morgan fingerprint density at radius 3 is 2.40 bits per heavy atom. The van der Waals surface area contributed by atoms with Crippen molar-refractivity contribution in [2.75, 3.05) is 18.1 Å². The first-order valence-corrected chi connectivity index (χ1v) is 13.0. The SMILES string of the molecule is O=C(COc1ccc(C2SCCS2)cc1)N/N=C\c1ccccc1OCc1ccc(C(=O)O)cc1. The summed E-state index contributed by atoms with van der Waals surface area (Å²) in [4.78, 5) is 23.1. The average Bonchev–Trinajstić information content (AvgIpc) is 3.42. The normalized spacial score (nSPS) is 13.6. The molecule has 3 aromatic rings. The molecular weight excluding hydrogens is 484 g/mol. The predicted octanol–water partition coefficient (Wildman–Crippen LogP) is 4.97. The van der Waals surface area contributed by atoms with Crippen LogP contribution >= 0.6 is 23.5 Å². The smallest absolute Gasteiger partial charge is 0.335 e. The van der Waals surface area contributed by atoms with Gasteiger partial charge in [0.1, 0.15) is 18.1 Å². The van der Waals surface area contributed by atoms with E-state index in [-0.39, 0.29) is 24.7 Å². The highest BCUT2D eigenvalue weighted by Gasteiger charge is 2.18. The van der Waals surface area contributed by atoms with Gasteiger partial charge in [-0.1, -0.05) is 36.4 Å². The maximum absolute atomic E-state index is 12.1. The van der Waals surface area contributed by atoms with Gasteiger partial charge in [0.25, 0.3) is 5.91 Å². The van der Waals surface area contributed by atoms with Crippen LogP contribution in [0.2, 0.25) is 0 Å². The number of hydrazone groups is 1. The molecule has 35 heavy (non-hydrogen) atoms. The Kier molecular flexibility index (Phi) is 8.69. The van der Waals surface area contributed by atoms with E-state index in [0.29, 0.717) is 21.6 Å². The lowest BCUT2D eigenvalue weighted by Gasteiger charge is -2.10. The fraction of sp³-hybridized carbons (Fsp3) is 0.192. The van der Waals surface area contributed by atoms with Crippen molar-refractivity contribution in [2.24, 2.45) is 5.10 Å². The molecule has 0 radical (unpaired) electrons. The summed E-state index contributed by atoms with van der Waals surface area (Å²) in [5.74, 6) is 2.23. The maximum atomic E-state index is 12.1. The summed E-state index contributed by atoms with van der Waals surface area (Å²) in [5.41, 5.74) is 5.47. The highest BCUT2D eigenvalue weighted by Crippen LogP contribution is 2.45. The molecule has 0 aliphatic carbocycles. The number of hydrogen-bond acceptors (Lipinski definition) is 7. The van der Waals surface area contributed by atoms with Gasteiger partial charge in [-0.2, -0.15) is 5.10 Å². The number of carboxylic acid groups (broad SMARTS) is 1. The number of para-hydroxylation sites is 1. The molecule has 1 fully saturated rings. The van der Waals surface area contributed by atoms with Crippen LogP contribution in [-0.2, 0) is 11.4 Å². The summed E-state index contributed by atoms with van der Waals surface area (Å²) in [5, 5.41) is 13.0. The van der Waals surface area contributed by atoms with E-state index in [0.717, 1.165) is 5.56 Å². The summed E-state index contributed by atoms with van der Waals surface area (Å²) in [6.07, 6.45) is 1.51. The first kappa shape index (κ1) is 24.7. The molecule has 1 saturated heterocycles. The van der Waals surface area contributed by atoms with Crippen molar-refractivity contribution in [1.82, 2.24) is 5.43 Å². The Bertz CT molecular complexity index is 1180. The molecule has 0 spiro atoms. The van der Waals surface area contributed by atoms with Crippen molar-refractivity contribution in [2.45, 2.75) is 11.2 Å². The van der Waals surface area contributed by atoms with E-state index in [9.17, 15) is 9.59 Å². The molecule has 7 nitrogen and oxygen atoms in total. The lowest BCUT2D eigenvalue weighted by atomic mass is 10.1. The van der Waals surface area contributed by atoms with Gasteiger partial charge < -0.3 is 14.6 Å². The first-order valence-electron chi connectivity index (χ1n) is 10.9. The maximum Gasteiger partial charge on any atom is 0.335 e. The van der Waals surface area contributed by atoms with Gasteiger partial charge in [-0.25, -0.2) is 10.2 Å². The number of thioether (sulfide) groups is 2. The molecule has 1 amide bonds. The quantitative estimate of drug-likeness (QED) is 0.295. The van der Waals surface area contributed by atoms with Gasteiger partial charge in [-0.15, -0.1) is 23.5 Å². The van der Waals surface area contributed by atoms with Crippen molar-refractivity contribution in [1.29, 1.82) is 0 Å². The second-order valence-electron chi connectivity index (χ2n) is 7.55. The molecule has 4 rings (SSSR count). The minimum Gasteiger partial charge on any atom is -0.488 e. The van der Waals surface area contributed by atoms with Crippen LogP contribution in [0.4, 0.5) is 0 Å². The van der Waals surface area contributed by atoms with Crippen molar-refractivity contribution < 1.29 is 24.2 Å². The van der Waals surface area contributed by atoms with Crippen LogP contribution in [0.15, 0.2) is 77.9 Å². The molecule has 0 aromatic heterocycles. The third kappa shape index (κ3) is 7.27. The number of carboxylic acids is 1. The number of hydrogen-bond donors (Lipinski definition) is 2. The first-order chi connectivity index (χ1) is 17.1. The molecule has 1 heterocycles. The number of aromatic carboxylic acids is 1. The molecule has 1 aliphatic heterocycles. The van der Waals surface area contributed by atoms with E-state index in [1.807, 2.05) is 66.0 Å². The number of amides is 1. The summed E-state index contributed by atoms with van der Waals surface area (Å²) in [7, 11) is 0. The zero-order chi connectivity index (χ0) is 24.5. The monoisotopic (exact) mass is 508 g/mol. The van der Waals surface area contributed by atoms with E-state index in [4.69, 9.17) is 14.6 Å². The Hall–Kier alpha value is -3.43. The Balaban J connectivity index is 1.25. The zero-order valence-corrected chi connectivity index (χ0v) is 20.4. The highest BCUT2D eigenvalue weighted by molar-refractivity contribution is 8.19. The molecule has 0 unspecified atom stereocenters. The highest BCUT2D eigenvalue weighted by atomic mass is 32.2. The van der Waals surface area contributed by atoms with Gasteiger partial charge in [-0.3, -0.25) is 4.79 Å². The van der Waals surface area contributed by atoms with Crippen molar-refractivity contribution in [3.8, 4) is 11.5 Å². The fourth-order valence-corrected chi connectivity index (χ4v) is 6.11. The Morgan fingerprint density at radius 1 is 0.971 bits per heavy atom. The van der Waals surface area contributed by atoms with E-state index in [1.165, 1.54) is 35.4 Å². The largest absolute Gasteiger partial charge is 0.488 e. The lowest BCUT2D eigenvalue weighted by molar-refractivity contribution is -0.123. The van der Waals surface area contributed by atoms with E-state index < -0.39 is 5.97 Å². The van der Waals surface area contributed by atoms with Crippen molar-refractivity contribution >= 4 is 41.6 Å². The standard InChI is InChI=1S/C26H24N2O5S2/c29-24(17-32-22-11-9-20(10-12-22)26-34-13-14-35-26)28-27-15-21-3-1-2-4-23(21)33-16-18-5-7-19(8-6-18)25(30)31/h1-12,15,26H,13-14,16-17H2,(H,28,29)(H,30,31)/b27-15-.